The van der Waals surface area contributed by atoms with Crippen LogP contribution in [0.1, 0.15) is 49.6 Å². The van der Waals surface area contributed by atoms with Crippen LogP contribution >= 0.6 is 23.2 Å². The quantitative estimate of drug-likeness (QED) is 0.411. The number of benzene rings is 2. The first-order chi connectivity index (χ1) is 16.3. The van der Waals surface area contributed by atoms with Crippen LogP contribution in [0.5, 0.6) is 0 Å². The molecule has 3 heterocycles. The summed E-state index contributed by atoms with van der Waals surface area (Å²) < 4.78 is 19.3. The van der Waals surface area contributed by atoms with Crippen LogP contribution in [0.25, 0.3) is 10.9 Å². The monoisotopic (exact) mass is 503 g/mol. The molecule has 0 unspecified atom stereocenters. The number of alkyl halides is 1. The molecule has 1 aromatic heterocycles. The number of ether oxygens (including phenoxy) is 1. The van der Waals surface area contributed by atoms with Crippen molar-refractivity contribution in [3.8, 4) is 0 Å². The number of carbonyl (C=O) groups excluding carboxylic acids is 3. The molecule has 1 spiro atoms. The Bertz CT molecular complexity index is 1330. The van der Waals surface area contributed by atoms with Gasteiger partial charge in [-0.05, 0) is 24.3 Å². The summed E-state index contributed by atoms with van der Waals surface area (Å²) in [6, 6.07) is 9.10. The van der Waals surface area contributed by atoms with Gasteiger partial charge in [-0.2, -0.15) is 0 Å². The first kappa shape index (κ1) is 22.7. The van der Waals surface area contributed by atoms with Crippen molar-refractivity contribution in [2.24, 2.45) is 0 Å². The second kappa shape index (κ2) is 8.60. The molecule has 1 fully saturated rings. The Morgan fingerprint density at radius 1 is 1.18 bits per heavy atom. The van der Waals surface area contributed by atoms with Crippen LogP contribution in [0.4, 0.5) is 4.39 Å². The number of H-pyrrole nitrogens is 1. The molecule has 10 heteroatoms. The molecule has 176 valence electrons. The Hall–Kier alpha value is -3.10. The van der Waals surface area contributed by atoms with E-state index in [9.17, 15) is 18.8 Å². The van der Waals surface area contributed by atoms with Crippen molar-refractivity contribution < 1.29 is 23.5 Å². The fourth-order valence-electron chi connectivity index (χ4n) is 4.78. The summed E-state index contributed by atoms with van der Waals surface area (Å²) in [6.45, 7) is 0.847. The minimum absolute atomic E-state index is 0.140. The van der Waals surface area contributed by atoms with Gasteiger partial charge in [-0.3, -0.25) is 9.59 Å². The van der Waals surface area contributed by atoms with Crippen LogP contribution in [-0.2, 0) is 10.3 Å². The van der Waals surface area contributed by atoms with E-state index in [0.29, 0.717) is 47.4 Å². The summed E-state index contributed by atoms with van der Waals surface area (Å²) in [5.41, 5.74) is 0.952. The molecule has 2 aromatic carbocycles. The fourth-order valence-corrected chi connectivity index (χ4v) is 5.05. The van der Waals surface area contributed by atoms with Crippen LogP contribution in [0.3, 0.4) is 0 Å². The molecular formula is C24H20Cl2FN3O4. The maximum Gasteiger partial charge on any atom is 0.339 e. The lowest BCUT2D eigenvalue weighted by Gasteiger charge is -2.38. The Kier molecular flexibility index (Phi) is 5.73. The van der Waals surface area contributed by atoms with E-state index in [1.165, 1.54) is 12.1 Å². The van der Waals surface area contributed by atoms with Crippen LogP contribution in [0.2, 0.25) is 5.02 Å². The van der Waals surface area contributed by atoms with Crippen LogP contribution in [0, 0.1) is 5.82 Å². The van der Waals surface area contributed by atoms with E-state index in [1.54, 1.807) is 29.2 Å². The number of nitrogens with zero attached hydrogens (tertiary/aromatic N) is 1. The second-order valence-electron chi connectivity index (χ2n) is 8.38. The van der Waals surface area contributed by atoms with Gasteiger partial charge in [0.2, 0.25) is 0 Å². The predicted octanol–water partition coefficient (Wildman–Crippen LogP) is 4.23. The number of aromatic nitrogens is 1. The van der Waals surface area contributed by atoms with Crippen molar-refractivity contribution in [3.05, 3.63) is 69.6 Å². The van der Waals surface area contributed by atoms with E-state index in [4.69, 9.17) is 27.9 Å². The van der Waals surface area contributed by atoms with E-state index >= 15 is 0 Å². The highest BCUT2D eigenvalue weighted by molar-refractivity contribution is 6.31. The molecule has 0 saturated carbocycles. The van der Waals surface area contributed by atoms with Gasteiger partial charge >= 0.3 is 5.97 Å². The van der Waals surface area contributed by atoms with Crippen molar-refractivity contribution >= 4 is 51.9 Å². The van der Waals surface area contributed by atoms with Crippen molar-refractivity contribution in [1.82, 2.24) is 15.2 Å². The Morgan fingerprint density at radius 2 is 1.94 bits per heavy atom. The summed E-state index contributed by atoms with van der Waals surface area (Å²) in [5, 5.41) is 3.74. The van der Waals surface area contributed by atoms with Gasteiger partial charge < -0.3 is 19.9 Å². The number of amides is 2. The van der Waals surface area contributed by atoms with Gasteiger partial charge in [0.1, 0.15) is 17.1 Å². The minimum Gasteiger partial charge on any atom is -0.450 e. The van der Waals surface area contributed by atoms with E-state index in [1.807, 2.05) is 0 Å². The normalized spacial score (nSPS) is 16.6. The lowest BCUT2D eigenvalue weighted by atomic mass is 9.83. The first-order valence-electron chi connectivity index (χ1n) is 10.8. The molecule has 0 bridgehead atoms. The highest BCUT2D eigenvalue weighted by Gasteiger charge is 2.48. The van der Waals surface area contributed by atoms with Crippen LogP contribution in [-0.4, -0.2) is 53.2 Å². The second-order valence-corrected chi connectivity index (χ2v) is 9.19. The molecule has 5 rings (SSSR count). The van der Waals surface area contributed by atoms with E-state index in [0.717, 1.165) is 0 Å². The molecule has 34 heavy (non-hydrogen) atoms. The number of piperidine rings is 1. The highest BCUT2D eigenvalue weighted by Crippen LogP contribution is 2.44. The van der Waals surface area contributed by atoms with Crippen molar-refractivity contribution in [2.45, 2.75) is 18.4 Å². The first-order valence-corrected chi connectivity index (χ1v) is 11.7. The number of rotatable bonds is 4. The molecule has 0 aliphatic carbocycles. The molecule has 1 saturated heterocycles. The van der Waals surface area contributed by atoms with E-state index < -0.39 is 23.3 Å². The van der Waals surface area contributed by atoms with Crippen LogP contribution < -0.4 is 5.32 Å². The molecule has 2 aliphatic heterocycles. The van der Waals surface area contributed by atoms with Gasteiger partial charge in [-0.1, -0.05) is 23.7 Å². The molecule has 2 amide bonds. The average Bonchev–Trinajstić information content (AvgIpc) is 3.32. The SMILES string of the molecule is O=C1OC2(CCN(C(=O)c3c(C(=O)NCCCl)[nH]c4cc(Cl)ccc34)CC2)c2ccc(F)cc21. The minimum atomic E-state index is -0.884. The molecule has 7 nitrogen and oxygen atoms in total. The third-order valence-electron chi connectivity index (χ3n) is 6.42. The summed E-state index contributed by atoms with van der Waals surface area (Å²) >= 11 is 11.8. The Labute approximate surface area is 204 Å². The van der Waals surface area contributed by atoms with Gasteiger partial charge in [-0.15, -0.1) is 11.6 Å². The zero-order valence-electron chi connectivity index (χ0n) is 17.9. The van der Waals surface area contributed by atoms with Crippen molar-refractivity contribution in [3.63, 3.8) is 0 Å². The maximum atomic E-state index is 13.6. The molecule has 0 radical (unpaired) electrons. The summed E-state index contributed by atoms with van der Waals surface area (Å²) in [4.78, 5) is 43.4. The van der Waals surface area contributed by atoms with Crippen molar-refractivity contribution in [2.75, 3.05) is 25.5 Å². The zero-order valence-corrected chi connectivity index (χ0v) is 19.4. The molecule has 2 N–H and O–H groups in total. The largest absolute Gasteiger partial charge is 0.450 e. The summed E-state index contributed by atoms with van der Waals surface area (Å²) in [7, 11) is 0. The van der Waals surface area contributed by atoms with Gasteiger partial charge in [0.15, 0.2) is 0 Å². The number of nitrogens with one attached hydrogen (secondary N) is 2. The number of carbonyl (C=O) groups is 3. The number of hydrogen-bond donors (Lipinski definition) is 2. The number of halogens is 3. The zero-order chi connectivity index (χ0) is 24.0. The predicted molar refractivity (Wildman–Crippen MR) is 125 cm³/mol. The van der Waals surface area contributed by atoms with Gasteiger partial charge in [0.25, 0.3) is 11.8 Å². The third-order valence-corrected chi connectivity index (χ3v) is 6.84. The number of fused-ring (bicyclic) bond motifs is 3. The smallest absolute Gasteiger partial charge is 0.339 e. The third kappa shape index (κ3) is 3.71. The van der Waals surface area contributed by atoms with E-state index in [2.05, 4.69) is 10.3 Å². The summed E-state index contributed by atoms with van der Waals surface area (Å²) in [5.74, 6) is -1.58. The molecule has 3 aromatic rings. The number of aromatic amines is 1. The maximum absolute atomic E-state index is 13.6. The fraction of sp³-hybridized carbons (Fsp3) is 0.292. The summed E-state index contributed by atoms with van der Waals surface area (Å²) in [6.07, 6.45) is 0.732. The van der Waals surface area contributed by atoms with Crippen LogP contribution in [0.15, 0.2) is 36.4 Å². The van der Waals surface area contributed by atoms with Gasteiger partial charge in [-0.25, -0.2) is 9.18 Å². The van der Waals surface area contributed by atoms with E-state index in [-0.39, 0.29) is 35.2 Å². The lowest BCUT2D eigenvalue weighted by Crippen LogP contribution is -2.45. The lowest BCUT2D eigenvalue weighted by molar-refractivity contribution is -0.0389. The topological polar surface area (TPSA) is 91.5 Å². The highest BCUT2D eigenvalue weighted by atomic mass is 35.5. The van der Waals surface area contributed by atoms with Gasteiger partial charge in [0.05, 0.1) is 11.1 Å². The van der Waals surface area contributed by atoms with Gasteiger partial charge in [0, 0.05) is 59.8 Å². The number of hydrogen-bond acceptors (Lipinski definition) is 4. The molecular weight excluding hydrogens is 484 g/mol. The van der Waals surface area contributed by atoms with Crippen molar-refractivity contribution in [1.29, 1.82) is 0 Å². The number of likely N-dealkylation sites (tertiary alicyclic amines) is 1. The Balaban J connectivity index is 1.44. The Morgan fingerprint density at radius 3 is 2.68 bits per heavy atom. The average molecular weight is 504 g/mol. The number of esters is 1. The molecule has 0 atom stereocenters. The molecule has 2 aliphatic rings. The standard InChI is InChI=1S/C24H20Cl2FN3O4/c25-7-8-28-21(31)20-19(15-3-1-13(26)11-18(15)29-20)22(32)30-9-5-24(6-10-30)17-4-2-14(27)12-16(17)23(33)34-24/h1-4,11-12,29H,5-10H2,(H,28,31).